The molecule has 0 spiro atoms. The smallest absolute Gasteiger partial charge is 0.0337 e. The summed E-state index contributed by atoms with van der Waals surface area (Å²) in [6.07, 6.45) is 0. The molecule has 0 atom stereocenters. The van der Waals surface area contributed by atoms with Crippen LogP contribution >= 0.6 is 0 Å². The van der Waals surface area contributed by atoms with Gasteiger partial charge in [-0.3, -0.25) is 0 Å². The lowest BCUT2D eigenvalue weighted by Gasteiger charge is -2.26. The summed E-state index contributed by atoms with van der Waals surface area (Å²) in [7, 11) is 0. The number of fused-ring (bicyclic) bond motifs is 13. The van der Waals surface area contributed by atoms with Crippen molar-refractivity contribution in [1.82, 2.24) is 0 Å². The summed E-state index contributed by atoms with van der Waals surface area (Å²) in [5.74, 6) is 0. The predicted molar refractivity (Wildman–Crippen MR) is 222 cm³/mol. The number of hydrogen-bond donors (Lipinski definition) is 0. The third kappa shape index (κ3) is 2.96. The zero-order valence-corrected chi connectivity index (χ0v) is 29.5. The standard InChI is InChI=1S/C52H32/c1-51(2)41-25-31-13-11-27-7-5-9-29-15-17-37(45(31)43(27)29)47(41)39-23-19-33-34-20-24-40-48-38-18-16-30-10-6-8-28-12-14-32(46(38)44(28)30)26-42(48)52(3,4)50(40)36(34)22-21-35(33)49(39)51/h5-11,13,15-26H,1-4H3. The summed E-state index contributed by atoms with van der Waals surface area (Å²) >= 11 is 0. The van der Waals surface area contributed by atoms with Gasteiger partial charge in [0.15, 0.2) is 0 Å². The first-order chi connectivity index (χ1) is 25.3. The molecule has 2 aliphatic carbocycles. The minimum absolute atomic E-state index is 0.140. The Hall–Kier alpha value is -6.16. The lowest BCUT2D eigenvalue weighted by atomic mass is 9.77. The van der Waals surface area contributed by atoms with Crippen molar-refractivity contribution in [1.29, 1.82) is 0 Å². The van der Waals surface area contributed by atoms with E-state index in [1.807, 2.05) is 0 Å². The van der Waals surface area contributed by atoms with E-state index in [-0.39, 0.29) is 10.8 Å². The first-order valence-corrected chi connectivity index (χ1v) is 18.6. The van der Waals surface area contributed by atoms with Crippen LogP contribution < -0.4 is 0 Å². The predicted octanol–water partition coefficient (Wildman–Crippen LogP) is 14.0. The van der Waals surface area contributed by atoms with Gasteiger partial charge >= 0.3 is 0 Å². The molecule has 0 bridgehead atoms. The van der Waals surface area contributed by atoms with Crippen molar-refractivity contribution >= 4 is 86.2 Å². The first kappa shape index (κ1) is 27.5. The van der Waals surface area contributed by atoms with Gasteiger partial charge in [0.1, 0.15) is 0 Å². The summed E-state index contributed by atoms with van der Waals surface area (Å²) in [5.41, 5.74) is 11.0. The van der Waals surface area contributed by atoms with E-state index >= 15 is 0 Å². The van der Waals surface area contributed by atoms with Crippen LogP contribution in [0.5, 0.6) is 0 Å². The van der Waals surface area contributed by atoms with Crippen LogP contribution in [0.3, 0.4) is 0 Å². The molecule has 0 unspecified atom stereocenters. The summed E-state index contributed by atoms with van der Waals surface area (Å²) in [5, 5.41) is 21.1. The maximum Gasteiger partial charge on any atom is 0.0337 e. The van der Waals surface area contributed by atoms with Crippen LogP contribution in [0.1, 0.15) is 49.9 Å². The van der Waals surface area contributed by atoms with Crippen molar-refractivity contribution in [2.24, 2.45) is 0 Å². The fourth-order valence-electron chi connectivity index (χ4n) is 11.3. The van der Waals surface area contributed by atoms with Gasteiger partial charge in [-0.15, -0.1) is 0 Å². The second-order valence-electron chi connectivity index (χ2n) is 16.6. The Labute approximate surface area is 301 Å². The average molecular weight is 657 g/mol. The lowest BCUT2D eigenvalue weighted by Crippen LogP contribution is -2.16. The van der Waals surface area contributed by atoms with Gasteiger partial charge in [-0.2, -0.15) is 0 Å². The Morgan fingerprint density at radius 2 is 0.846 bits per heavy atom. The SMILES string of the molecule is CC1(C)c2cc3c#cc4cccc5ccc(c2-c2ccc6c(ccc7c8c(ccc76)-c6c(cc7ccc9cccc%10ccc6c7c9%10)C8(C)C)c21)c3c45. The van der Waals surface area contributed by atoms with Gasteiger partial charge in [0, 0.05) is 32.4 Å². The fourth-order valence-corrected chi connectivity index (χ4v) is 11.3. The molecule has 0 N–H and O–H groups in total. The molecule has 0 aromatic heterocycles. The number of hydrogen-bond acceptors (Lipinski definition) is 0. The van der Waals surface area contributed by atoms with Crippen LogP contribution in [0.15, 0.2) is 121 Å². The fraction of sp³-hybridized carbons (Fsp3) is 0.115. The Morgan fingerprint density at radius 3 is 1.50 bits per heavy atom. The van der Waals surface area contributed by atoms with E-state index in [0.29, 0.717) is 0 Å². The molecule has 11 aromatic carbocycles. The minimum atomic E-state index is -0.168. The van der Waals surface area contributed by atoms with Crippen molar-refractivity contribution in [3.8, 4) is 22.3 Å². The van der Waals surface area contributed by atoms with E-state index < -0.39 is 0 Å². The maximum atomic E-state index is 3.56. The molecule has 0 radical (unpaired) electrons. The molecule has 0 heterocycles. The van der Waals surface area contributed by atoms with Crippen LogP contribution in [-0.2, 0) is 10.8 Å². The molecular formula is C52H32. The molecule has 0 amide bonds. The molecule has 240 valence electrons. The number of rotatable bonds is 0. The highest BCUT2D eigenvalue weighted by molar-refractivity contribution is 6.28. The van der Waals surface area contributed by atoms with E-state index in [1.165, 1.54) is 120 Å². The Bertz CT molecular complexity index is 3180. The van der Waals surface area contributed by atoms with Crippen molar-refractivity contribution in [2.75, 3.05) is 0 Å². The van der Waals surface area contributed by atoms with Gasteiger partial charge in [0.05, 0.1) is 0 Å². The maximum absolute atomic E-state index is 3.56. The summed E-state index contributed by atoms with van der Waals surface area (Å²) in [6, 6.07) is 53.7. The van der Waals surface area contributed by atoms with E-state index in [4.69, 9.17) is 0 Å². The quantitative estimate of drug-likeness (QED) is 0.143. The summed E-state index contributed by atoms with van der Waals surface area (Å²) in [6.45, 7) is 9.72. The zero-order valence-electron chi connectivity index (χ0n) is 29.5. The van der Waals surface area contributed by atoms with E-state index in [1.54, 1.807) is 0 Å². The monoisotopic (exact) mass is 656 g/mol. The van der Waals surface area contributed by atoms with Gasteiger partial charge in [-0.05, 0) is 127 Å². The third-order valence-corrected chi connectivity index (χ3v) is 13.5. The summed E-state index contributed by atoms with van der Waals surface area (Å²) < 4.78 is 0. The highest BCUT2D eigenvalue weighted by atomic mass is 14.4. The molecule has 11 aromatic rings. The third-order valence-electron chi connectivity index (χ3n) is 13.5. The highest BCUT2D eigenvalue weighted by Gasteiger charge is 2.41. The van der Waals surface area contributed by atoms with Gasteiger partial charge in [0.2, 0.25) is 0 Å². The molecule has 13 rings (SSSR count). The van der Waals surface area contributed by atoms with Gasteiger partial charge in [0.25, 0.3) is 0 Å². The second-order valence-corrected chi connectivity index (χ2v) is 16.6. The van der Waals surface area contributed by atoms with Crippen LogP contribution in [0.4, 0.5) is 0 Å². The molecule has 0 heteroatoms. The normalized spacial score (nSPS) is 15.5. The van der Waals surface area contributed by atoms with E-state index in [9.17, 15) is 0 Å². The van der Waals surface area contributed by atoms with Crippen molar-refractivity contribution in [2.45, 2.75) is 38.5 Å². The lowest BCUT2D eigenvalue weighted by molar-refractivity contribution is 0.666. The van der Waals surface area contributed by atoms with Crippen LogP contribution in [0, 0.1) is 12.1 Å². The largest absolute Gasteiger partial charge is 0.0610 e. The Kier molecular flexibility index (Phi) is 4.58. The van der Waals surface area contributed by atoms with Crippen molar-refractivity contribution in [3.63, 3.8) is 0 Å². The zero-order chi connectivity index (χ0) is 34.4. The van der Waals surface area contributed by atoms with Crippen LogP contribution in [-0.4, -0.2) is 0 Å². The average Bonchev–Trinajstić information content (AvgIpc) is 3.55. The topological polar surface area (TPSA) is 0 Å². The minimum Gasteiger partial charge on any atom is -0.0610 e. The highest BCUT2D eigenvalue weighted by Crippen LogP contribution is 2.58. The molecule has 0 fully saturated rings. The number of benzene rings is 10. The van der Waals surface area contributed by atoms with E-state index in [0.717, 1.165) is 10.8 Å². The molecule has 0 aliphatic heterocycles. The Morgan fingerprint density at radius 1 is 0.365 bits per heavy atom. The Balaban J connectivity index is 1.09. The first-order valence-electron chi connectivity index (χ1n) is 18.6. The second kappa shape index (κ2) is 8.65. The molecule has 0 nitrogen and oxygen atoms in total. The van der Waals surface area contributed by atoms with Crippen molar-refractivity contribution in [3.05, 3.63) is 156 Å². The molecule has 2 aliphatic rings. The van der Waals surface area contributed by atoms with Gasteiger partial charge in [-0.25, -0.2) is 0 Å². The van der Waals surface area contributed by atoms with Gasteiger partial charge < -0.3 is 0 Å². The molecule has 0 saturated heterocycles. The van der Waals surface area contributed by atoms with Crippen LogP contribution in [0.2, 0.25) is 0 Å². The van der Waals surface area contributed by atoms with Crippen LogP contribution in [0.25, 0.3) is 108 Å². The van der Waals surface area contributed by atoms with Gasteiger partial charge in [-0.1, -0.05) is 143 Å². The van der Waals surface area contributed by atoms with Crippen molar-refractivity contribution < 1.29 is 0 Å². The summed E-state index contributed by atoms with van der Waals surface area (Å²) in [4.78, 5) is 0. The van der Waals surface area contributed by atoms with E-state index in [2.05, 4.69) is 161 Å². The molecular weight excluding hydrogens is 625 g/mol. The molecule has 0 saturated carbocycles. The molecule has 52 heavy (non-hydrogen) atoms.